The van der Waals surface area contributed by atoms with Crippen LogP contribution in [-0.2, 0) is 10.1 Å². The van der Waals surface area contributed by atoms with Gasteiger partial charge in [0.25, 0.3) is 0 Å². The van der Waals surface area contributed by atoms with Gasteiger partial charge < -0.3 is 4.18 Å². The van der Waals surface area contributed by atoms with Gasteiger partial charge in [-0.15, -0.1) is 0 Å². The van der Waals surface area contributed by atoms with E-state index in [0.717, 1.165) is 6.07 Å². The van der Waals surface area contributed by atoms with Crippen molar-refractivity contribution < 1.29 is 32.6 Å². The lowest BCUT2D eigenvalue weighted by Crippen LogP contribution is -2.28. The Bertz CT molecular complexity index is 2150. The molecule has 0 aliphatic carbocycles. The van der Waals surface area contributed by atoms with Gasteiger partial charge in [0.2, 0.25) is 0 Å². The molecule has 0 N–H and O–H groups in total. The molecule has 0 atom stereocenters. The van der Waals surface area contributed by atoms with Crippen LogP contribution < -0.4 is 4.18 Å². The molecule has 0 amide bonds. The molecule has 6 aromatic carbocycles. The van der Waals surface area contributed by atoms with Crippen LogP contribution in [0.3, 0.4) is 0 Å². The summed E-state index contributed by atoms with van der Waals surface area (Å²) in [5.74, 6) is -0.485. The zero-order chi connectivity index (χ0) is 30.8. The number of halogens is 3. The first-order chi connectivity index (χ1) is 20.3. The second kappa shape index (κ2) is 8.89. The van der Waals surface area contributed by atoms with Crippen LogP contribution in [0.1, 0.15) is 6.85 Å². The van der Waals surface area contributed by atoms with Crippen LogP contribution in [0.15, 0.2) is 115 Å². The fraction of sp³-hybridized carbons (Fsp3) is 0.0323. The molecular formula is C31H19F3O3S. The molecule has 6 rings (SSSR count). The van der Waals surface area contributed by atoms with Crippen molar-refractivity contribution in [3.63, 3.8) is 0 Å². The number of rotatable bonds is 4. The van der Waals surface area contributed by atoms with E-state index in [9.17, 15) is 21.6 Å². The number of benzene rings is 6. The Labute approximate surface area is 223 Å². The van der Waals surface area contributed by atoms with Crippen molar-refractivity contribution in [1.29, 1.82) is 0 Å². The van der Waals surface area contributed by atoms with E-state index in [0.29, 0.717) is 43.6 Å². The molecular weight excluding hydrogens is 509 g/mol. The maximum atomic E-state index is 13.1. The predicted molar refractivity (Wildman–Crippen MR) is 145 cm³/mol. The van der Waals surface area contributed by atoms with Gasteiger partial charge in [-0.05, 0) is 55.3 Å². The smallest absolute Gasteiger partial charge is 0.375 e. The van der Waals surface area contributed by atoms with Gasteiger partial charge in [-0.2, -0.15) is 21.6 Å². The van der Waals surface area contributed by atoms with E-state index in [1.807, 2.05) is 12.1 Å². The van der Waals surface area contributed by atoms with Gasteiger partial charge >= 0.3 is 15.6 Å². The number of fused-ring (bicyclic) bond motifs is 3. The van der Waals surface area contributed by atoms with Gasteiger partial charge in [-0.1, -0.05) is 109 Å². The molecule has 0 radical (unpaired) electrons. The summed E-state index contributed by atoms with van der Waals surface area (Å²) in [6.45, 7) is 0. The Hall–Kier alpha value is -4.36. The highest BCUT2D eigenvalue weighted by Gasteiger charge is 2.48. The lowest BCUT2D eigenvalue weighted by Gasteiger charge is -2.19. The van der Waals surface area contributed by atoms with E-state index in [-0.39, 0.29) is 23.0 Å². The molecule has 188 valence electrons. The molecule has 0 spiro atoms. The van der Waals surface area contributed by atoms with Gasteiger partial charge in [0.15, 0.2) is 5.75 Å². The molecule has 6 aromatic rings. The lowest BCUT2D eigenvalue weighted by atomic mass is 9.85. The highest BCUT2D eigenvalue weighted by atomic mass is 32.2. The fourth-order valence-electron chi connectivity index (χ4n) is 4.80. The molecule has 0 aliphatic rings. The summed E-state index contributed by atoms with van der Waals surface area (Å²) in [7, 11) is -5.92. The van der Waals surface area contributed by atoms with E-state index in [4.69, 9.17) is 6.85 Å². The zero-order valence-electron chi connectivity index (χ0n) is 24.3. The van der Waals surface area contributed by atoms with Gasteiger partial charge in [-0.3, -0.25) is 0 Å². The van der Waals surface area contributed by atoms with Crippen molar-refractivity contribution in [3.05, 3.63) is 115 Å². The Morgan fingerprint density at radius 2 is 1.11 bits per heavy atom. The molecule has 7 heteroatoms. The van der Waals surface area contributed by atoms with E-state index in [2.05, 4.69) is 4.18 Å². The minimum atomic E-state index is -5.92. The van der Waals surface area contributed by atoms with Crippen LogP contribution >= 0.6 is 0 Å². The fourth-order valence-corrected chi connectivity index (χ4v) is 5.28. The monoisotopic (exact) mass is 533 g/mol. The summed E-state index contributed by atoms with van der Waals surface area (Å²) in [5, 5.41) is 3.01. The molecule has 3 nitrogen and oxygen atoms in total. The summed E-state index contributed by atoms with van der Waals surface area (Å²) in [5.41, 5.74) is -3.92. The third-order valence-electron chi connectivity index (χ3n) is 6.32. The standard InChI is InChI=1S/C31H19F3O3S/c32-31(33,34)38(35,36)37-28-19-9-16-21-22(28)17-8-18-23(21)30-26-14-6-4-12-24(26)29(20-10-2-1-3-11-20)25-13-5-7-15-27(25)30/h1-19H/i1D,2D,3D,10D,11D. The predicted octanol–water partition coefficient (Wildman–Crippen LogP) is 8.71. The molecule has 38 heavy (non-hydrogen) atoms. The first kappa shape index (κ1) is 18.8. The molecule has 0 saturated heterocycles. The second-order valence-electron chi connectivity index (χ2n) is 8.48. The third-order valence-corrected chi connectivity index (χ3v) is 7.28. The number of alkyl halides is 3. The van der Waals surface area contributed by atoms with Crippen LogP contribution in [-0.4, -0.2) is 13.9 Å². The Balaban J connectivity index is 1.73. The van der Waals surface area contributed by atoms with Crippen LogP contribution in [0.2, 0.25) is 0 Å². The first-order valence-electron chi connectivity index (χ1n) is 13.9. The Morgan fingerprint density at radius 1 is 0.605 bits per heavy atom. The average Bonchev–Trinajstić information content (AvgIpc) is 2.98. The summed E-state index contributed by atoms with van der Waals surface area (Å²) < 4.78 is 110. The van der Waals surface area contributed by atoms with Gasteiger partial charge in [0.05, 0.1) is 6.85 Å². The van der Waals surface area contributed by atoms with E-state index in [1.165, 1.54) is 12.1 Å². The molecule has 0 unspecified atom stereocenters. The molecule has 0 aliphatic heterocycles. The minimum Gasteiger partial charge on any atom is -0.375 e. The minimum absolute atomic E-state index is 0.0379. The van der Waals surface area contributed by atoms with Gasteiger partial charge in [0.1, 0.15) is 0 Å². The Kier molecular flexibility index (Phi) is 4.40. The lowest BCUT2D eigenvalue weighted by molar-refractivity contribution is -0.0499. The van der Waals surface area contributed by atoms with Crippen molar-refractivity contribution in [3.8, 4) is 28.0 Å². The maximum absolute atomic E-state index is 13.1. The first-order valence-corrected chi connectivity index (χ1v) is 12.8. The van der Waals surface area contributed by atoms with E-state index >= 15 is 0 Å². The quantitative estimate of drug-likeness (QED) is 0.129. The highest BCUT2D eigenvalue weighted by molar-refractivity contribution is 7.88. The van der Waals surface area contributed by atoms with Crippen molar-refractivity contribution in [1.82, 2.24) is 0 Å². The summed E-state index contributed by atoms with van der Waals surface area (Å²) in [6, 6.07) is 21.1. The second-order valence-corrected chi connectivity index (χ2v) is 10.0. The largest absolute Gasteiger partial charge is 0.534 e. The van der Waals surface area contributed by atoms with Crippen LogP contribution in [0.4, 0.5) is 13.2 Å². The zero-order valence-corrected chi connectivity index (χ0v) is 20.2. The SMILES string of the molecule is [2H]c1c([2H])c([2H])c(-c2c3ccccc3c(-c3cccc4c(OS(=O)(=O)C(F)(F)F)cccc34)c3ccccc23)c([2H])c1[2H]. The van der Waals surface area contributed by atoms with E-state index < -0.39 is 39.5 Å². The molecule has 0 saturated carbocycles. The van der Waals surface area contributed by atoms with Crippen LogP contribution in [0.25, 0.3) is 54.6 Å². The van der Waals surface area contributed by atoms with Crippen LogP contribution in [0, 0.1) is 0 Å². The molecule has 0 fully saturated rings. The van der Waals surface area contributed by atoms with E-state index in [1.54, 1.807) is 54.6 Å². The Morgan fingerprint density at radius 3 is 1.68 bits per heavy atom. The summed E-state index contributed by atoms with van der Waals surface area (Å²) >= 11 is 0. The summed E-state index contributed by atoms with van der Waals surface area (Å²) in [6.07, 6.45) is 0. The van der Waals surface area contributed by atoms with Crippen molar-refractivity contribution >= 4 is 42.4 Å². The maximum Gasteiger partial charge on any atom is 0.534 e. The summed E-state index contributed by atoms with van der Waals surface area (Å²) in [4.78, 5) is 0. The topological polar surface area (TPSA) is 43.4 Å². The molecule has 0 bridgehead atoms. The van der Waals surface area contributed by atoms with Crippen molar-refractivity contribution in [2.75, 3.05) is 0 Å². The van der Waals surface area contributed by atoms with Gasteiger partial charge in [0, 0.05) is 5.39 Å². The van der Waals surface area contributed by atoms with Crippen molar-refractivity contribution in [2.24, 2.45) is 0 Å². The number of hydrogen-bond donors (Lipinski definition) is 0. The third kappa shape index (κ3) is 3.87. The van der Waals surface area contributed by atoms with Gasteiger partial charge in [-0.25, -0.2) is 0 Å². The molecule has 0 heterocycles. The average molecular weight is 534 g/mol. The normalized spacial score (nSPS) is 14.1. The highest BCUT2D eigenvalue weighted by Crippen LogP contribution is 2.46. The van der Waals surface area contributed by atoms with Crippen molar-refractivity contribution in [2.45, 2.75) is 5.51 Å². The molecule has 0 aromatic heterocycles. The van der Waals surface area contributed by atoms with Crippen LogP contribution in [0.5, 0.6) is 5.75 Å². The number of hydrogen-bond acceptors (Lipinski definition) is 3.